The number of aromatic nitrogens is 5. The van der Waals surface area contributed by atoms with E-state index in [1.165, 1.54) is 0 Å². The molecule has 0 aliphatic carbocycles. The number of H-pyrrole nitrogens is 1. The molecule has 240 valence electrons. The molecule has 12 heteroatoms. The maximum Gasteiger partial charge on any atom is 0.410 e. The number of aryl methyl sites for hydroxylation is 1. The van der Waals surface area contributed by atoms with Crippen LogP contribution in [0.4, 0.5) is 10.5 Å². The molecular formula is C34H40N8O4. The van der Waals surface area contributed by atoms with Crippen LogP contribution < -0.4 is 10.2 Å². The fraction of sp³-hybridized carbons (Fsp3) is 0.412. The molecule has 1 aliphatic heterocycles. The van der Waals surface area contributed by atoms with Gasteiger partial charge in [-0.2, -0.15) is 4.98 Å². The van der Waals surface area contributed by atoms with Gasteiger partial charge in [-0.25, -0.2) is 14.8 Å². The standard InChI is InChI=1S/C34H40N8O4/c1-20-16-21(8-9-22(20)18-35-29(43)30-39-31(40-46-30)33(2,3)4)27-26-24-17-23(10-11-25(24)38-28(26)37-19-36-27)41-12-14-42(15-13-41)32(44)45-34(5,6)7/h8-11,16-17,19H,12-15,18H2,1-7H3,(H,35,43)(H,36,37,38). The van der Waals surface area contributed by atoms with Gasteiger partial charge < -0.3 is 29.4 Å². The Hall–Kier alpha value is -5.00. The predicted molar refractivity (Wildman–Crippen MR) is 176 cm³/mol. The van der Waals surface area contributed by atoms with Crippen LogP contribution in [-0.4, -0.2) is 73.8 Å². The topological polar surface area (TPSA) is 142 Å². The molecule has 2 aromatic carbocycles. The Morgan fingerprint density at radius 3 is 2.43 bits per heavy atom. The number of hydrogen-bond acceptors (Lipinski definition) is 9. The predicted octanol–water partition coefficient (Wildman–Crippen LogP) is 5.75. The largest absolute Gasteiger partial charge is 0.444 e. The Labute approximate surface area is 267 Å². The van der Waals surface area contributed by atoms with E-state index in [0.29, 0.717) is 38.5 Å². The monoisotopic (exact) mass is 624 g/mol. The second kappa shape index (κ2) is 11.7. The Bertz CT molecular complexity index is 1920. The Morgan fingerprint density at radius 1 is 1.00 bits per heavy atom. The lowest BCUT2D eigenvalue weighted by Crippen LogP contribution is -2.50. The van der Waals surface area contributed by atoms with Crippen LogP contribution in [0.2, 0.25) is 0 Å². The number of rotatable bonds is 5. The number of benzene rings is 2. The summed E-state index contributed by atoms with van der Waals surface area (Å²) in [5.41, 5.74) is 5.71. The molecule has 12 nitrogen and oxygen atoms in total. The summed E-state index contributed by atoms with van der Waals surface area (Å²) in [4.78, 5) is 46.2. The fourth-order valence-corrected chi connectivity index (χ4v) is 5.51. The lowest BCUT2D eigenvalue weighted by Gasteiger charge is -2.36. The molecule has 0 atom stereocenters. The minimum atomic E-state index is -0.518. The number of aromatic amines is 1. The van der Waals surface area contributed by atoms with Crippen molar-refractivity contribution in [3.05, 3.63) is 65.6 Å². The first kappa shape index (κ1) is 31.0. The number of hydrogen-bond donors (Lipinski definition) is 2. The zero-order chi connectivity index (χ0) is 32.8. The smallest absolute Gasteiger partial charge is 0.410 e. The minimum absolute atomic E-state index is 0.0498. The molecule has 3 aromatic heterocycles. The third kappa shape index (κ3) is 6.37. The van der Waals surface area contributed by atoms with E-state index in [1.807, 2.05) is 60.6 Å². The van der Waals surface area contributed by atoms with Gasteiger partial charge in [0.25, 0.3) is 0 Å². The zero-order valence-corrected chi connectivity index (χ0v) is 27.4. The first-order chi connectivity index (χ1) is 21.8. The SMILES string of the molecule is Cc1cc(-c2ncnc3[nH]c4ccc(N5CCN(C(=O)OC(C)(C)C)CC5)cc4c23)ccc1CNC(=O)c1nc(C(C)(C)C)no1. The van der Waals surface area contributed by atoms with Crippen LogP contribution in [0, 0.1) is 6.92 Å². The van der Waals surface area contributed by atoms with Gasteiger partial charge in [0.1, 0.15) is 17.6 Å². The molecule has 0 spiro atoms. The molecule has 4 heterocycles. The molecule has 2 N–H and O–H groups in total. The Kier molecular flexibility index (Phi) is 7.91. The second-order valence-electron chi connectivity index (χ2n) is 13.8. The van der Waals surface area contributed by atoms with Gasteiger partial charge in [0.05, 0.1) is 11.1 Å². The number of ether oxygens (including phenoxy) is 1. The van der Waals surface area contributed by atoms with Crippen molar-refractivity contribution in [1.29, 1.82) is 0 Å². The normalized spacial score (nSPS) is 14.2. The quantitative estimate of drug-likeness (QED) is 0.250. The van der Waals surface area contributed by atoms with Crippen molar-refractivity contribution < 1.29 is 18.8 Å². The Balaban J connectivity index is 1.21. The fourth-order valence-electron chi connectivity index (χ4n) is 5.51. The summed E-state index contributed by atoms with van der Waals surface area (Å²) in [7, 11) is 0. The van der Waals surface area contributed by atoms with Crippen molar-refractivity contribution in [3.63, 3.8) is 0 Å². The first-order valence-electron chi connectivity index (χ1n) is 15.5. The van der Waals surface area contributed by atoms with Gasteiger partial charge in [0.15, 0.2) is 5.82 Å². The molecule has 5 aromatic rings. The van der Waals surface area contributed by atoms with Crippen LogP contribution >= 0.6 is 0 Å². The lowest BCUT2D eigenvalue weighted by atomic mass is 9.96. The van der Waals surface area contributed by atoms with Crippen molar-refractivity contribution in [3.8, 4) is 11.3 Å². The number of fused-ring (bicyclic) bond motifs is 3. The van der Waals surface area contributed by atoms with Gasteiger partial charge in [-0.1, -0.05) is 38.1 Å². The molecular weight excluding hydrogens is 584 g/mol. The average Bonchev–Trinajstić information content (AvgIpc) is 3.65. The van der Waals surface area contributed by atoms with Crippen LogP contribution in [0.3, 0.4) is 0 Å². The number of amides is 2. The number of nitrogens with one attached hydrogen (secondary N) is 2. The molecule has 0 saturated carbocycles. The third-order valence-corrected chi connectivity index (χ3v) is 8.02. The molecule has 1 fully saturated rings. The van der Waals surface area contributed by atoms with E-state index in [1.54, 1.807) is 11.2 Å². The van der Waals surface area contributed by atoms with E-state index >= 15 is 0 Å². The summed E-state index contributed by atoms with van der Waals surface area (Å²) in [6.45, 7) is 16.4. The molecule has 1 aliphatic rings. The van der Waals surface area contributed by atoms with E-state index in [0.717, 1.165) is 50.0 Å². The Morgan fingerprint density at radius 2 is 1.76 bits per heavy atom. The van der Waals surface area contributed by atoms with Gasteiger partial charge in [0.2, 0.25) is 0 Å². The van der Waals surface area contributed by atoms with E-state index in [-0.39, 0.29) is 17.4 Å². The van der Waals surface area contributed by atoms with Gasteiger partial charge in [-0.15, -0.1) is 0 Å². The summed E-state index contributed by atoms with van der Waals surface area (Å²) >= 11 is 0. The molecule has 2 amide bonds. The van der Waals surface area contributed by atoms with E-state index in [4.69, 9.17) is 14.2 Å². The summed E-state index contributed by atoms with van der Waals surface area (Å²) in [5, 5.41) is 8.79. The van der Waals surface area contributed by atoms with E-state index < -0.39 is 11.5 Å². The highest BCUT2D eigenvalue weighted by Crippen LogP contribution is 2.35. The number of piperazine rings is 1. The summed E-state index contributed by atoms with van der Waals surface area (Å²) in [6.07, 6.45) is 1.30. The number of anilines is 1. The lowest BCUT2D eigenvalue weighted by molar-refractivity contribution is 0.0240. The molecule has 0 unspecified atom stereocenters. The van der Waals surface area contributed by atoms with Crippen LogP contribution in [0.1, 0.15) is 69.2 Å². The minimum Gasteiger partial charge on any atom is -0.444 e. The maximum absolute atomic E-state index is 12.7. The van der Waals surface area contributed by atoms with E-state index in [9.17, 15) is 9.59 Å². The number of nitrogens with zero attached hydrogens (tertiary/aromatic N) is 6. The van der Waals surface area contributed by atoms with Crippen LogP contribution in [0.15, 0.2) is 47.2 Å². The highest BCUT2D eigenvalue weighted by molar-refractivity contribution is 6.12. The van der Waals surface area contributed by atoms with Crippen molar-refractivity contribution in [2.45, 2.75) is 66.0 Å². The summed E-state index contributed by atoms with van der Waals surface area (Å²) in [5.74, 6) is 0.0237. The van der Waals surface area contributed by atoms with Crippen LogP contribution in [0.5, 0.6) is 0 Å². The first-order valence-corrected chi connectivity index (χ1v) is 15.5. The van der Waals surface area contributed by atoms with Crippen molar-refractivity contribution in [1.82, 2.24) is 35.3 Å². The van der Waals surface area contributed by atoms with Crippen molar-refractivity contribution >= 4 is 39.6 Å². The molecule has 0 radical (unpaired) electrons. The van der Waals surface area contributed by atoms with Crippen LogP contribution in [-0.2, 0) is 16.7 Å². The molecule has 0 bridgehead atoms. The van der Waals surface area contributed by atoms with Gasteiger partial charge >= 0.3 is 17.9 Å². The van der Waals surface area contributed by atoms with Gasteiger partial charge in [-0.05, 0) is 63.1 Å². The van der Waals surface area contributed by atoms with Crippen molar-refractivity contribution in [2.75, 3.05) is 31.1 Å². The molecule has 6 rings (SSSR count). The maximum atomic E-state index is 12.7. The highest BCUT2D eigenvalue weighted by Gasteiger charge is 2.27. The summed E-state index contributed by atoms with van der Waals surface area (Å²) < 4.78 is 10.7. The number of carbonyl (C=O) groups excluding carboxylic acids is 2. The molecule has 46 heavy (non-hydrogen) atoms. The van der Waals surface area contributed by atoms with E-state index in [2.05, 4.69) is 54.6 Å². The van der Waals surface area contributed by atoms with Crippen LogP contribution in [0.25, 0.3) is 33.2 Å². The zero-order valence-electron chi connectivity index (χ0n) is 27.4. The number of carbonyl (C=O) groups is 2. The highest BCUT2D eigenvalue weighted by atomic mass is 16.6. The molecule has 1 saturated heterocycles. The van der Waals surface area contributed by atoms with Crippen molar-refractivity contribution in [2.24, 2.45) is 0 Å². The second-order valence-corrected chi connectivity index (χ2v) is 13.8. The summed E-state index contributed by atoms with van der Waals surface area (Å²) in [6, 6.07) is 12.4. The van der Waals surface area contributed by atoms with Gasteiger partial charge in [0, 0.05) is 60.3 Å². The third-order valence-electron chi connectivity index (χ3n) is 8.02. The average molecular weight is 625 g/mol. The van der Waals surface area contributed by atoms with Gasteiger partial charge in [-0.3, -0.25) is 4.79 Å².